The van der Waals surface area contributed by atoms with Gasteiger partial charge in [0.25, 0.3) is 0 Å². The van der Waals surface area contributed by atoms with Gasteiger partial charge in [-0.25, -0.2) is 0 Å². The zero-order chi connectivity index (χ0) is 12.4. The van der Waals surface area contributed by atoms with Gasteiger partial charge >= 0.3 is 0 Å². The maximum absolute atomic E-state index is 6.17. The molecular weight excluding hydrogens is 208 g/mol. The van der Waals surface area contributed by atoms with Crippen LogP contribution in [0.25, 0.3) is 0 Å². The molecule has 0 amide bonds. The number of likely N-dealkylation sites (N-methyl/N-ethyl adjacent to an activating group) is 1. The van der Waals surface area contributed by atoms with Gasteiger partial charge < -0.3 is 5.73 Å². The molecule has 94 valence electrons. The number of hydrogen-bond acceptors (Lipinski definition) is 2. The van der Waals surface area contributed by atoms with Crippen molar-refractivity contribution in [3.63, 3.8) is 0 Å². The molecule has 1 aliphatic carbocycles. The lowest BCUT2D eigenvalue weighted by molar-refractivity contribution is 0.211. The zero-order valence-corrected chi connectivity index (χ0v) is 11.2. The number of hydrogen-bond donors (Lipinski definition) is 1. The highest BCUT2D eigenvalue weighted by molar-refractivity contribution is 5.26. The number of aryl methyl sites for hydroxylation is 1. The monoisotopic (exact) mass is 232 g/mol. The second-order valence-corrected chi connectivity index (χ2v) is 5.60. The summed E-state index contributed by atoms with van der Waals surface area (Å²) in [6.07, 6.45) is 2.79. The highest BCUT2D eigenvalue weighted by atomic mass is 15.1. The molecule has 1 aromatic carbocycles. The van der Waals surface area contributed by atoms with Crippen molar-refractivity contribution < 1.29 is 0 Å². The van der Waals surface area contributed by atoms with E-state index in [1.807, 2.05) is 0 Å². The van der Waals surface area contributed by atoms with Gasteiger partial charge in [-0.2, -0.15) is 0 Å². The van der Waals surface area contributed by atoms with Crippen LogP contribution in [0, 0.1) is 12.8 Å². The normalized spacial score (nSPS) is 19.4. The minimum absolute atomic E-state index is 0.167. The van der Waals surface area contributed by atoms with Gasteiger partial charge in [-0.3, -0.25) is 4.90 Å². The van der Waals surface area contributed by atoms with E-state index in [1.165, 1.54) is 30.5 Å². The van der Waals surface area contributed by atoms with E-state index < -0.39 is 0 Å². The lowest BCUT2D eigenvalue weighted by atomic mass is 9.98. The average Bonchev–Trinajstić information content (AvgIpc) is 3.01. The highest BCUT2D eigenvalue weighted by Gasteiger charge is 2.28. The number of benzene rings is 1. The van der Waals surface area contributed by atoms with Gasteiger partial charge in [0, 0.05) is 18.6 Å². The third kappa shape index (κ3) is 3.30. The lowest BCUT2D eigenvalue weighted by Crippen LogP contribution is -2.38. The molecule has 0 spiro atoms. The van der Waals surface area contributed by atoms with Gasteiger partial charge in [0.15, 0.2) is 0 Å². The van der Waals surface area contributed by atoms with E-state index in [1.54, 1.807) is 0 Å². The third-order valence-corrected chi connectivity index (χ3v) is 3.60. The van der Waals surface area contributed by atoms with Crippen LogP contribution in [0.15, 0.2) is 24.3 Å². The summed E-state index contributed by atoms with van der Waals surface area (Å²) in [7, 11) is 2.20. The van der Waals surface area contributed by atoms with Crippen LogP contribution in [0.3, 0.4) is 0 Å². The van der Waals surface area contributed by atoms with Crippen molar-refractivity contribution in [3.8, 4) is 0 Å². The Hall–Kier alpha value is -0.860. The zero-order valence-electron chi connectivity index (χ0n) is 11.2. The smallest absolute Gasteiger partial charge is 0.0493 e. The Balaban J connectivity index is 2.15. The lowest BCUT2D eigenvalue weighted by Gasteiger charge is -2.31. The number of nitrogens with two attached hydrogens (primary N) is 1. The molecule has 1 aromatic rings. The molecule has 1 aliphatic rings. The first kappa shape index (κ1) is 12.6. The van der Waals surface area contributed by atoms with Crippen LogP contribution in [0.4, 0.5) is 0 Å². The van der Waals surface area contributed by atoms with Gasteiger partial charge in [-0.05, 0) is 45.2 Å². The summed E-state index contributed by atoms with van der Waals surface area (Å²) in [6.45, 7) is 5.43. The molecule has 2 rings (SSSR count). The van der Waals surface area contributed by atoms with Crippen molar-refractivity contribution in [2.45, 2.75) is 38.8 Å². The predicted octanol–water partition coefficient (Wildman–Crippen LogP) is 2.73. The standard InChI is InChI=1S/C15H24N2/c1-11-5-4-6-14(9-11)15(12(2)16)17(3)10-13-7-8-13/h4-6,9,12-13,15H,7-8,10,16H2,1-3H3. The van der Waals surface area contributed by atoms with Crippen LogP contribution in [-0.2, 0) is 0 Å². The Kier molecular flexibility index (Phi) is 3.85. The minimum atomic E-state index is 0.167. The van der Waals surface area contributed by atoms with Crippen LogP contribution < -0.4 is 5.73 Å². The first-order valence-electron chi connectivity index (χ1n) is 6.60. The molecule has 0 heterocycles. The molecule has 1 saturated carbocycles. The van der Waals surface area contributed by atoms with Crippen LogP contribution in [-0.4, -0.2) is 24.5 Å². The molecule has 1 fully saturated rings. The quantitative estimate of drug-likeness (QED) is 0.846. The maximum atomic E-state index is 6.17. The minimum Gasteiger partial charge on any atom is -0.326 e. The summed E-state index contributed by atoms with van der Waals surface area (Å²) in [4.78, 5) is 2.43. The second kappa shape index (κ2) is 5.19. The van der Waals surface area contributed by atoms with E-state index in [0.717, 1.165) is 5.92 Å². The summed E-state index contributed by atoms with van der Waals surface area (Å²) in [6, 6.07) is 9.24. The molecule has 0 aromatic heterocycles. The van der Waals surface area contributed by atoms with Crippen molar-refractivity contribution in [1.29, 1.82) is 0 Å². The van der Waals surface area contributed by atoms with Gasteiger partial charge in [0.2, 0.25) is 0 Å². The van der Waals surface area contributed by atoms with E-state index in [4.69, 9.17) is 5.73 Å². The predicted molar refractivity (Wildman–Crippen MR) is 72.9 cm³/mol. The van der Waals surface area contributed by atoms with Gasteiger partial charge in [-0.1, -0.05) is 29.8 Å². The van der Waals surface area contributed by atoms with Crippen LogP contribution >= 0.6 is 0 Å². The fourth-order valence-corrected chi connectivity index (χ4v) is 2.63. The van der Waals surface area contributed by atoms with Crippen LogP contribution in [0.5, 0.6) is 0 Å². The molecule has 0 saturated heterocycles. The SMILES string of the molecule is Cc1cccc(C(C(C)N)N(C)CC2CC2)c1. The Morgan fingerprint density at radius 2 is 2.12 bits per heavy atom. The molecule has 2 nitrogen and oxygen atoms in total. The largest absolute Gasteiger partial charge is 0.326 e. The summed E-state index contributed by atoms with van der Waals surface area (Å²) in [5.74, 6) is 0.908. The fourth-order valence-electron chi connectivity index (χ4n) is 2.63. The molecule has 0 radical (unpaired) electrons. The average molecular weight is 232 g/mol. The van der Waals surface area contributed by atoms with E-state index in [-0.39, 0.29) is 6.04 Å². The maximum Gasteiger partial charge on any atom is 0.0493 e. The van der Waals surface area contributed by atoms with E-state index in [0.29, 0.717) is 6.04 Å². The van der Waals surface area contributed by atoms with E-state index in [2.05, 4.69) is 50.1 Å². The number of rotatable bonds is 5. The second-order valence-electron chi connectivity index (χ2n) is 5.60. The van der Waals surface area contributed by atoms with E-state index >= 15 is 0 Å². The molecule has 2 unspecified atom stereocenters. The number of nitrogens with zero attached hydrogens (tertiary/aromatic N) is 1. The van der Waals surface area contributed by atoms with Gasteiger partial charge in [-0.15, -0.1) is 0 Å². The molecule has 2 N–H and O–H groups in total. The topological polar surface area (TPSA) is 29.3 Å². The molecule has 0 bridgehead atoms. The Morgan fingerprint density at radius 3 is 2.65 bits per heavy atom. The van der Waals surface area contributed by atoms with E-state index in [9.17, 15) is 0 Å². The summed E-state index contributed by atoms with van der Waals surface area (Å²) in [5.41, 5.74) is 8.84. The van der Waals surface area contributed by atoms with Gasteiger partial charge in [0.05, 0.1) is 0 Å². The van der Waals surface area contributed by atoms with Gasteiger partial charge in [0.1, 0.15) is 0 Å². The van der Waals surface area contributed by atoms with Crippen molar-refractivity contribution >= 4 is 0 Å². The van der Waals surface area contributed by atoms with Crippen LogP contribution in [0.2, 0.25) is 0 Å². The first-order chi connectivity index (χ1) is 8.08. The third-order valence-electron chi connectivity index (χ3n) is 3.60. The Bertz CT molecular complexity index is 369. The molecule has 0 aliphatic heterocycles. The summed E-state index contributed by atoms with van der Waals surface area (Å²) < 4.78 is 0. The van der Waals surface area contributed by atoms with Crippen molar-refractivity contribution in [2.75, 3.05) is 13.6 Å². The summed E-state index contributed by atoms with van der Waals surface area (Å²) >= 11 is 0. The Morgan fingerprint density at radius 1 is 1.41 bits per heavy atom. The Labute approximate surface area is 105 Å². The summed E-state index contributed by atoms with van der Waals surface area (Å²) in [5, 5.41) is 0. The first-order valence-corrected chi connectivity index (χ1v) is 6.60. The highest BCUT2D eigenvalue weighted by Crippen LogP contribution is 2.32. The molecule has 2 heteroatoms. The molecular formula is C15H24N2. The molecule has 2 atom stereocenters. The van der Waals surface area contributed by atoms with Crippen molar-refractivity contribution in [2.24, 2.45) is 11.7 Å². The van der Waals surface area contributed by atoms with Crippen LogP contribution in [0.1, 0.15) is 36.9 Å². The fraction of sp³-hybridized carbons (Fsp3) is 0.600. The van der Waals surface area contributed by atoms with Crippen molar-refractivity contribution in [3.05, 3.63) is 35.4 Å². The van der Waals surface area contributed by atoms with Crippen molar-refractivity contribution in [1.82, 2.24) is 4.90 Å². The molecule has 17 heavy (non-hydrogen) atoms.